The SMILES string of the molecule is Cc1cccc(C)c1NCCN(CCNc1c(C)cccc1C)Cc1ccccn1.[Cl-].[Cl-].[Re+2]. The zero-order chi connectivity index (χ0) is 21.3. The van der Waals surface area contributed by atoms with E-state index in [0.29, 0.717) is 0 Å². The van der Waals surface area contributed by atoms with E-state index >= 15 is 0 Å². The van der Waals surface area contributed by atoms with Crippen molar-refractivity contribution in [2.24, 2.45) is 0 Å². The third-order valence-electron chi connectivity index (χ3n) is 5.53. The van der Waals surface area contributed by atoms with E-state index in [9.17, 15) is 0 Å². The summed E-state index contributed by atoms with van der Waals surface area (Å²) in [5.74, 6) is 0. The van der Waals surface area contributed by atoms with Gasteiger partial charge in [0.15, 0.2) is 0 Å². The summed E-state index contributed by atoms with van der Waals surface area (Å²) in [5, 5.41) is 7.28. The molecule has 3 aromatic rings. The number of halogens is 2. The van der Waals surface area contributed by atoms with Crippen LogP contribution >= 0.6 is 0 Å². The van der Waals surface area contributed by atoms with Gasteiger partial charge >= 0.3 is 20.4 Å². The summed E-state index contributed by atoms with van der Waals surface area (Å²) in [6.07, 6.45) is 1.87. The fourth-order valence-electron chi connectivity index (χ4n) is 3.86. The largest absolute Gasteiger partial charge is 2.00 e. The zero-order valence-corrected chi connectivity index (χ0v) is 24.1. The molecule has 0 atom stereocenters. The van der Waals surface area contributed by atoms with Crippen LogP contribution in [-0.4, -0.2) is 36.1 Å². The standard InChI is InChI=1S/C26H34N4.2ClH.Re/c1-20-9-7-10-21(2)25(20)28-15-17-30(19-24-13-5-6-14-27-24)18-16-29-26-22(3)11-8-12-23(26)4;;;/h5-14,28-29H,15-19H2,1-4H3;2*1H;/q;;;+2/p-2. The molecule has 0 aliphatic rings. The number of para-hydroxylation sites is 2. The molecule has 179 valence electrons. The second-order valence-corrected chi connectivity index (χ2v) is 7.98. The van der Waals surface area contributed by atoms with E-state index in [2.05, 4.69) is 96.7 Å². The molecule has 0 amide bonds. The molecule has 0 aliphatic carbocycles. The number of benzene rings is 2. The first-order chi connectivity index (χ1) is 14.5. The average molecular weight is 660 g/mol. The van der Waals surface area contributed by atoms with Gasteiger partial charge in [-0.05, 0) is 62.1 Å². The van der Waals surface area contributed by atoms with Gasteiger partial charge in [-0.25, -0.2) is 0 Å². The van der Waals surface area contributed by atoms with E-state index in [-0.39, 0.29) is 45.2 Å². The van der Waals surface area contributed by atoms with Gasteiger partial charge in [0.1, 0.15) is 0 Å². The summed E-state index contributed by atoms with van der Waals surface area (Å²) in [5.41, 5.74) is 8.79. The van der Waals surface area contributed by atoms with Gasteiger partial charge in [-0.15, -0.1) is 0 Å². The monoisotopic (exact) mass is 659 g/mol. The molecule has 0 bridgehead atoms. The predicted molar refractivity (Wildman–Crippen MR) is 128 cm³/mol. The second-order valence-electron chi connectivity index (χ2n) is 7.98. The average Bonchev–Trinajstić information content (AvgIpc) is 2.73. The van der Waals surface area contributed by atoms with Crippen molar-refractivity contribution in [1.82, 2.24) is 9.88 Å². The van der Waals surface area contributed by atoms with Gasteiger partial charge in [0.2, 0.25) is 0 Å². The molecule has 1 radical (unpaired) electrons. The molecule has 2 aromatic carbocycles. The van der Waals surface area contributed by atoms with Crippen LogP contribution in [0.15, 0.2) is 60.8 Å². The normalized spacial score (nSPS) is 9.97. The Morgan fingerprint density at radius 1 is 0.667 bits per heavy atom. The third kappa shape index (κ3) is 9.65. The molecule has 1 heterocycles. The van der Waals surface area contributed by atoms with E-state index in [4.69, 9.17) is 0 Å². The minimum absolute atomic E-state index is 0. The van der Waals surface area contributed by atoms with Crippen LogP contribution in [0.1, 0.15) is 27.9 Å². The van der Waals surface area contributed by atoms with Gasteiger partial charge < -0.3 is 35.4 Å². The molecule has 3 rings (SSSR count). The van der Waals surface area contributed by atoms with E-state index in [0.717, 1.165) is 38.4 Å². The first-order valence-corrected chi connectivity index (χ1v) is 10.8. The quantitative estimate of drug-likeness (QED) is 0.304. The molecule has 4 nitrogen and oxygen atoms in total. The number of pyridine rings is 1. The maximum Gasteiger partial charge on any atom is 2.00 e. The first kappa shape index (κ1) is 31.4. The van der Waals surface area contributed by atoms with E-state index in [1.54, 1.807) is 0 Å². The van der Waals surface area contributed by atoms with E-state index < -0.39 is 0 Å². The summed E-state index contributed by atoms with van der Waals surface area (Å²) in [4.78, 5) is 6.99. The van der Waals surface area contributed by atoms with Crippen LogP contribution in [0.25, 0.3) is 0 Å². The number of anilines is 2. The number of nitrogens with one attached hydrogen (secondary N) is 2. The third-order valence-corrected chi connectivity index (χ3v) is 5.53. The maximum atomic E-state index is 4.53. The minimum Gasteiger partial charge on any atom is -1.00 e. The topological polar surface area (TPSA) is 40.2 Å². The van der Waals surface area contributed by atoms with E-state index in [1.807, 2.05) is 12.3 Å². The van der Waals surface area contributed by atoms with Crippen molar-refractivity contribution < 1.29 is 45.2 Å². The molecule has 0 fully saturated rings. The number of hydrogen-bond acceptors (Lipinski definition) is 4. The van der Waals surface area contributed by atoms with Crippen molar-refractivity contribution in [3.05, 3.63) is 88.7 Å². The Balaban J connectivity index is 0.00000341. The maximum absolute atomic E-state index is 4.53. The predicted octanol–water partition coefficient (Wildman–Crippen LogP) is -0.653. The molecule has 0 unspecified atom stereocenters. The summed E-state index contributed by atoms with van der Waals surface area (Å²) in [6.45, 7) is 13.2. The van der Waals surface area contributed by atoms with Crippen molar-refractivity contribution in [2.75, 3.05) is 36.8 Å². The summed E-state index contributed by atoms with van der Waals surface area (Å²) < 4.78 is 0. The van der Waals surface area contributed by atoms with Gasteiger partial charge in [-0.3, -0.25) is 9.88 Å². The van der Waals surface area contributed by atoms with Crippen LogP contribution < -0.4 is 35.4 Å². The summed E-state index contributed by atoms with van der Waals surface area (Å²) in [6, 6.07) is 19.0. The Hall–Kier alpha value is -1.61. The number of hydrogen-bond donors (Lipinski definition) is 2. The fraction of sp³-hybridized carbons (Fsp3) is 0.346. The molecule has 7 heteroatoms. The number of aromatic nitrogens is 1. The number of aryl methyl sites for hydroxylation is 4. The van der Waals surface area contributed by atoms with Gasteiger partial charge in [0.25, 0.3) is 0 Å². The van der Waals surface area contributed by atoms with Crippen LogP contribution in [0, 0.1) is 27.7 Å². The molecule has 0 saturated carbocycles. The van der Waals surface area contributed by atoms with Crippen LogP contribution in [0.2, 0.25) is 0 Å². The number of rotatable bonds is 10. The van der Waals surface area contributed by atoms with Crippen molar-refractivity contribution in [1.29, 1.82) is 0 Å². The van der Waals surface area contributed by atoms with Crippen LogP contribution in [0.5, 0.6) is 0 Å². The summed E-state index contributed by atoms with van der Waals surface area (Å²) in [7, 11) is 0. The summed E-state index contributed by atoms with van der Waals surface area (Å²) >= 11 is 0. The zero-order valence-electron chi connectivity index (χ0n) is 19.8. The molecular formula is C26H34Cl2N4Re. The fourth-order valence-corrected chi connectivity index (χ4v) is 3.86. The second kappa shape index (κ2) is 16.1. The van der Waals surface area contributed by atoms with Crippen LogP contribution in [-0.2, 0) is 27.0 Å². The minimum atomic E-state index is 0. The van der Waals surface area contributed by atoms with Gasteiger partial charge in [0.05, 0.1) is 5.69 Å². The Kier molecular flexibility index (Phi) is 15.3. The van der Waals surface area contributed by atoms with Gasteiger partial charge in [-0.2, -0.15) is 0 Å². The molecule has 1 aromatic heterocycles. The van der Waals surface area contributed by atoms with Gasteiger partial charge in [-0.1, -0.05) is 42.5 Å². The smallest absolute Gasteiger partial charge is 1.00 e. The van der Waals surface area contributed by atoms with Gasteiger partial charge in [0, 0.05) is 50.3 Å². The van der Waals surface area contributed by atoms with Crippen molar-refractivity contribution >= 4 is 11.4 Å². The first-order valence-electron chi connectivity index (χ1n) is 10.8. The molecule has 0 aliphatic heterocycles. The Morgan fingerprint density at radius 3 is 1.52 bits per heavy atom. The van der Waals surface area contributed by atoms with Crippen molar-refractivity contribution in [3.8, 4) is 0 Å². The van der Waals surface area contributed by atoms with Crippen LogP contribution in [0.3, 0.4) is 0 Å². The molecule has 0 saturated heterocycles. The Morgan fingerprint density at radius 2 is 1.12 bits per heavy atom. The number of nitrogens with zero attached hydrogens (tertiary/aromatic N) is 2. The molecule has 2 N–H and O–H groups in total. The Bertz CT molecular complexity index is 856. The van der Waals surface area contributed by atoms with Crippen LogP contribution in [0.4, 0.5) is 11.4 Å². The molecular weight excluding hydrogens is 625 g/mol. The molecule has 33 heavy (non-hydrogen) atoms. The van der Waals surface area contributed by atoms with E-state index in [1.165, 1.54) is 33.6 Å². The van der Waals surface area contributed by atoms with Crippen molar-refractivity contribution in [2.45, 2.75) is 34.2 Å². The molecule has 0 spiro atoms. The van der Waals surface area contributed by atoms with Crippen molar-refractivity contribution in [3.63, 3.8) is 0 Å². The Labute approximate surface area is 225 Å².